The Hall–Kier alpha value is -2.82. The van der Waals surface area contributed by atoms with Crippen molar-refractivity contribution in [3.8, 4) is 0 Å². The number of likely N-dealkylation sites (N-methyl/N-ethyl adjacent to an activating group) is 1. The van der Waals surface area contributed by atoms with Gasteiger partial charge in [-0.1, -0.05) is 50.2 Å². The Kier molecular flexibility index (Phi) is 21.2. The van der Waals surface area contributed by atoms with Gasteiger partial charge in [-0.2, -0.15) is 0 Å². The lowest BCUT2D eigenvalue weighted by atomic mass is 9.68. The second kappa shape index (κ2) is 25.3. The van der Waals surface area contributed by atoms with Crippen LogP contribution in [0.5, 0.6) is 0 Å². The zero-order valence-electron chi connectivity index (χ0n) is 45.5. The highest BCUT2D eigenvalue weighted by molar-refractivity contribution is 14.1. The van der Waals surface area contributed by atoms with E-state index in [9.17, 15) is 37.7 Å². The van der Waals surface area contributed by atoms with Gasteiger partial charge in [0, 0.05) is 70.9 Å². The molecule has 0 aliphatic carbocycles. The number of carbonyl (C=O) groups is 2. The van der Waals surface area contributed by atoms with Crippen molar-refractivity contribution in [1.29, 1.82) is 0 Å². The molecule has 1 aromatic heterocycles. The maximum Gasteiger partial charge on any atom is 0.310 e. The number of hydrogen-bond acceptors (Lipinski definition) is 19. The van der Waals surface area contributed by atoms with Gasteiger partial charge in [-0.25, -0.2) is 17.5 Å². The smallest absolute Gasteiger partial charge is 0.310 e. The van der Waals surface area contributed by atoms with Crippen molar-refractivity contribution in [2.45, 2.75) is 175 Å². The second-order valence-electron chi connectivity index (χ2n) is 21.4. The van der Waals surface area contributed by atoms with Gasteiger partial charge in [-0.15, -0.1) is 5.10 Å². The Bertz CT molecular complexity index is 2330. The molecule has 19 atom stereocenters. The molecule has 3 N–H and O–H groups in total. The quantitative estimate of drug-likeness (QED) is 0.0880. The van der Waals surface area contributed by atoms with Crippen LogP contribution in [0.25, 0.3) is 0 Å². The highest BCUT2D eigenvalue weighted by Crippen LogP contribution is 2.46. The maximum atomic E-state index is 14.9. The zero-order valence-corrected chi connectivity index (χ0v) is 48.5. The summed E-state index contributed by atoms with van der Waals surface area (Å²) in [4.78, 5) is 36.8. The molecule has 23 heteroatoms. The molecule has 1 aromatic carbocycles. The molecule has 3 fully saturated rings. The zero-order chi connectivity index (χ0) is 55.4. The summed E-state index contributed by atoms with van der Waals surface area (Å²) >= 11 is 1.81. The average molecular weight is 1180 g/mol. The number of Topliss-reactive ketones (excluding diaryl/α,β-unsaturated/α-hetero) is 1. The fourth-order valence-electron chi connectivity index (χ4n) is 11.3. The number of ether oxygens (including phenoxy) is 7. The van der Waals surface area contributed by atoms with Crippen LogP contribution in [0.4, 0.5) is 4.39 Å². The van der Waals surface area contributed by atoms with Crippen molar-refractivity contribution < 1.29 is 75.7 Å². The van der Waals surface area contributed by atoms with Crippen LogP contribution in [0.1, 0.15) is 105 Å². The molecule has 0 bridgehead atoms. The average Bonchev–Trinajstić information content (AvgIpc) is 3.83. The minimum atomic E-state index is -3.45. The molecule has 3 aliphatic heterocycles. The van der Waals surface area contributed by atoms with E-state index >= 15 is 0 Å². The number of aliphatic hydroxyl groups excluding tert-OH is 2. The number of nitrogens with zero attached hydrogens (tertiary/aromatic N) is 5. The summed E-state index contributed by atoms with van der Waals surface area (Å²) in [5.41, 5.74) is -2.87. The molecule has 3 aliphatic rings. The minimum Gasteiger partial charge on any atom is -0.448 e. The summed E-state index contributed by atoms with van der Waals surface area (Å²) in [5, 5.41) is 47.9. The van der Waals surface area contributed by atoms with Crippen LogP contribution in [0.15, 0.2) is 40.5 Å². The van der Waals surface area contributed by atoms with Gasteiger partial charge in [0.25, 0.3) is 0 Å². The largest absolute Gasteiger partial charge is 0.448 e. The van der Waals surface area contributed by atoms with E-state index in [4.69, 9.17) is 38.0 Å². The summed E-state index contributed by atoms with van der Waals surface area (Å²) in [5.74, 6) is -4.81. The molecule has 2 aromatic rings. The Morgan fingerprint density at radius 2 is 1.59 bits per heavy atom. The fraction of sp³-hybridized carbons (Fsp3) is 0.784. The number of esters is 1. The minimum absolute atomic E-state index is 0.125. The number of methoxy groups -OCH3 is 3. The third kappa shape index (κ3) is 13.5. The lowest BCUT2D eigenvalue weighted by Crippen LogP contribution is -2.62. The molecule has 5 rings (SSSR count). The molecular formula is C51H81FIN5O15S. The van der Waals surface area contributed by atoms with Crippen molar-refractivity contribution in [3.05, 3.63) is 41.7 Å². The maximum absolute atomic E-state index is 14.9. The van der Waals surface area contributed by atoms with E-state index < -0.39 is 134 Å². The normalized spacial score (nSPS) is 38.6. The van der Waals surface area contributed by atoms with Gasteiger partial charge in [-0.05, 0) is 101 Å². The van der Waals surface area contributed by atoms with E-state index in [0.29, 0.717) is 36.4 Å². The van der Waals surface area contributed by atoms with Crippen LogP contribution >= 0.6 is 22.6 Å². The van der Waals surface area contributed by atoms with Gasteiger partial charge in [0.15, 0.2) is 13.9 Å². The molecule has 2 unspecified atom stereocenters. The van der Waals surface area contributed by atoms with Crippen molar-refractivity contribution in [1.82, 2.24) is 19.9 Å². The van der Waals surface area contributed by atoms with Gasteiger partial charge < -0.3 is 53.3 Å². The Morgan fingerprint density at radius 1 is 0.959 bits per heavy atom. The predicted octanol–water partition coefficient (Wildman–Crippen LogP) is 4.84. The summed E-state index contributed by atoms with van der Waals surface area (Å²) in [7, 11) is 4.23. The molecule has 3 saturated heterocycles. The number of ketones is 1. The van der Waals surface area contributed by atoms with Gasteiger partial charge in [-0.3, -0.25) is 14.5 Å². The first-order chi connectivity index (χ1) is 34.5. The molecule has 0 radical (unpaired) electrons. The number of rotatable bonds is 16. The van der Waals surface area contributed by atoms with Crippen molar-refractivity contribution >= 4 is 49.9 Å². The van der Waals surface area contributed by atoms with Crippen LogP contribution in [0.3, 0.4) is 0 Å². The van der Waals surface area contributed by atoms with Crippen molar-refractivity contribution in [3.63, 3.8) is 0 Å². The van der Waals surface area contributed by atoms with Crippen LogP contribution in [-0.4, -0.2) is 186 Å². The highest BCUT2D eigenvalue weighted by atomic mass is 127. The summed E-state index contributed by atoms with van der Waals surface area (Å²) < 4.78 is 83.3. The SMILES string of the molecule is CO/N=C1\[C@H](C)C[C@@](C)(OC)[C@H](O[C@@H]2O[C@H](C)C[C@H](N(C)CCc3cn(C(CF)[C@H](OC)c4ccc(S(C)(=O)=O)cc4)nn3)C2=O)[C@@H](C)C([C@H]2C[C@@](C)(OC)[C@@H](O)[C@H](C)O2)[C@@H](C)C(=O)O[C@H](I)[C@@](C)(O)[C@H](O)[C@H]1C. The van der Waals surface area contributed by atoms with E-state index in [1.165, 1.54) is 52.2 Å². The number of oxime groups is 1. The standard InChI is InChI=1S/C51H81FIN5O15S/c1-27-23-50(8,68-13)45(29(3)39(38-24-49(7,67-12)44(61)32(6)71-38)30(4)46(62)73-48(53)51(9,63)43(60)31(5)40(27)55-69-14)72-47-41(59)36(22-28(2)70-47)57(10)21-20-34-26-58(56-54-34)37(25-52)42(66-11)33-16-18-35(19-17-33)74(15,64)65/h16-19,26-32,36-39,42-45,47-48,60-61,63H,20-25H2,1-15H3/b55-40+/t27-,28-,29+,30-,31+,32+,36+,37?,38-,39?,42-,43-,44+,45-,47+,48+,49-,50-,51+/m1/s1. The van der Waals surface area contributed by atoms with Gasteiger partial charge in [0.2, 0.25) is 12.1 Å². The molecule has 420 valence electrons. The van der Waals surface area contributed by atoms with Gasteiger partial charge >= 0.3 is 5.97 Å². The Balaban J connectivity index is 1.49. The first-order valence-electron chi connectivity index (χ1n) is 25.2. The van der Waals surface area contributed by atoms with Crippen molar-refractivity contribution in [2.24, 2.45) is 34.7 Å². The number of hydrogen-bond donors (Lipinski definition) is 3. The van der Waals surface area contributed by atoms with E-state index in [2.05, 4.69) is 15.5 Å². The predicted molar refractivity (Wildman–Crippen MR) is 279 cm³/mol. The van der Waals surface area contributed by atoms with Crippen molar-refractivity contribution in [2.75, 3.05) is 55.0 Å². The monoisotopic (exact) mass is 1180 g/mol. The molecule has 0 spiro atoms. The van der Waals surface area contributed by atoms with E-state index in [-0.39, 0.29) is 23.5 Å². The molecular weight excluding hydrogens is 1100 g/mol. The van der Waals surface area contributed by atoms with Gasteiger partial charge in [0.05, 0.1) is 70.0 Å². The van der Waals surface area contributed by atoms with Crippen LogP contribution in [0, 0.1) is 29.6 Å². The molecule has 74 heavy (non-hydrogen) atoms. The Labute approximate surface area is 449 Å². The number of halogens is 2. The summed E-state index contributed by atoms with van der Waals surface area (Å²) in [6.07, 6.45) is -4.00. The van der Waals surface area contributed by atoms with Gasteiger partial charge in [0.1, 0.15) is 37.6 Å². The number of alkyl halides is 2. The molecule has 0 amide bonds. The van der Waals surface area contributed by atoms with E-state index in [1.54, 1.807) is 46.0 Å². The fourth-order valence-corrected chi connectivity index (χ4v) is 12.6. The number of carbonyl (C=O) groups excluding carboxylic acids is 2. The number of sulfone groups is 1. The number of aromatic nitrogens is 3. The van der Waals surface area contributed by atoms with E-state index in [0.717, 1.165) is 6.26 Å². The number of aliphatic hydroxyl groups is 3. The summed E-state index contributed by atoms with van der Waals surface area (Å²) in [6.45, 7) is 15.3. The summed E-state index contributed by atoms with van der Waals surface area (Å²) in [6, 6.07) is 4.45. The topological polar surface area (TPSA) is 249 Å². The molecule has 0 saturated carbocycles. The third-order valence-electron chi connectivity index (χ3n) is 16.0. The number of cyclic esters (lactones) is 1. The lowest BCUT2D eigenvalue weighted by molar-refractivity contribution is -0.267. The highest BCUT2D eigenvalue weighted by Gasteiger charge is 2.56. The van der Waals surface area contributed by atoms with Crippen LogP contribution in [0.2, 0.25) is 0 Å². The Morgan fingerprint density at radius 3 is 2.16 bits per heavy atom. The molecule has 4 heterocycles. The number of benzene rings is 1. The lowest BCUT2D eigenvalue weighted by Gasteiger charge is -2.51. The molecule has 20 nitrogen and oxygen atoms in total. The van der Waals surface area contributed by atoms with E-state index in [1.807, 2.05) is 62.2 Å². The van der Waals surface area contributed by atoms with Crippen LogP contribution in [-0.2, 0) is 63.8 Å². The third-order valence-corrected chi connectivity index (χ3v) is 18.6. The first-order valence-corrected chi connectivity index (χ1v) is 28.3. The second-order valence-corrected chi connectivity index (χ2v) is 24.6. The first kappa shape index (κ1) is 62.0. The van der Waals surface area contributed by atoms with Crippen LogP contribution < -0.4 is 0 Å².